The highest BCUT2D eigenvalue weighted by Crippen LogP contribution is 2.22. The third kappa shape index (κ3) is 6.57. The maximum Gasteiger partial charge on any atom is 0.326 e. The van der Waals surface area contributed by atoms with Crippen LogP contribution in [0.1, 0.15) is 30.4 Å². The zero-order chi connectivity index (χ0) is 31.4. The van der Waals surface area contributed by atoms with Gasteiger partial charge in [0.25, 0.3) is 0 Å². The van der Waals surface area contributed by atoms with E-state index in [1.807, 2.05) is 48.5 Å². The van der Waals surface area contributed by atoms with Crippen LogP contribution in [0.4, 0.5) is 0 Å². The van der Waals surface area contributed by atoms with E-state index in [4.69, 9.17) is 11.5 Å². The zero-order valence-corrected chi connectivity index (χ0v) is 23.9. The van der Waals surface area contributed by atoms with E-state index < -0.39 is 60.2 Å². The summed E-state index contributed by atoms with van der Waals surface area (Å²) in [6.07, 6.45) is 3.94. The number of fused-ring (bicyclic) bond motifs is 2. The molecule has 1 aliphatic heterocycles. The Morgan fingerprint density at radius 1 is 0.864 bits per heavy atom. The number of carboxylic acids is 1. The SMILES string of the molecule is NC(=O)CC(NC(=O)C(Cc1c[nH]c2ccccc12)NC(=O)C(N)Cc1c[nH]c2ccccc12)C(=O)N1CCCC1C(=O)O. The van der Waals surface area contributed by atoms with Crippen molar-refractivity contribution in [2.24, 2.45) is 11.5 Å². The van der Waals surface area contributed by atoms with Crippen molar-refractivity contribution in [3.63, 3.8) is 0 Å². The number of aliphatic carboxylic acids is 1. The Morgan fingerprint density at radius 3 is 2.02 bits per heavy atom. The normalized spacial score (nSPS) is 16.8. The number of carboxylic acid groups (broad SMARTS) is 1. The van der Waals surface area contributed by atoms with Gasteiger partial charge in [0.15, 0.2) is 0 Å². The summed E-state index contributed by atoms with van der Waals surface area (Å²) in [6.45, 7) is 0.166. The van der Waals surface area contributed by atoms with E-state index in [0.29, 0.717) is 6.42 Å². The Hall–Kier alpha value is -5.17. The van der Waals surface area contributed by atoms with E-state index in [9.17, 15) is 29.1 Å². The van der Waals surface area contributed by atoms with Gasteiger partial charge in [0.2, 0.25) is 23.6 Å². The van der Waals surface area contributed by atoms with E-state index in [2.05, 4.69) is 20.6 Å². The number of aromatic nitrogens is 2. The molecule has 0 spiro atoms. The molecule has 13 nitrogen and oxygen atoms in total. The second-order valence-corrected chi connectivity index (χ2v) is 11.1. The van der Waals surface area contributed by atoms with Crippen LogP contribution in [-0.4, -0.2) is 80.3 Å². The van der Waals surface area contributed by atoms with Crippen molar-refractivity contribution < 1.29 is 29.1 Å². The Morgan fingerprint density at radius 2 is 1.43 bits per heavy atom. The Labute approximate surface area is 252 Å². The van der Waals surface area contributed by atoms with E-state index in [1.165, 1.54) is 0 Å². The highest BCUT2D eigenvalue weighted by molar-refractivity contribution is 5.97. The lowest BCUT2D eigenvalue weighted by atomic mass is 10.0. The number of carbonyl (C=O) groups is 5. The quantitative estimate of drug-likeness (QED) is 0.123. The Kier molecular flexibility index (Phi) is 8.95. The molecule has 1 fully saturated rings. The molecule has 4 aromatic rings. The van der Waals surface area contributed by atoms with Crippen LogP contribution in [-0.2, 0) is 36.8 Å². The number of nitrogens with two attached hydrogens (primary N) is 2. The molecule has 4 atom stereocenters. The number of nitrogens with zero attached hydrogens (tertiary/aromatic N) is 1. The average Bonchev–Trinajstić information content (AvgIpc) is 3.75. The molecule has 4 amide bonds. The fourth-order valence-electron chi connectivity index (χ4n) is 5.80. The maximum absolute atomic E-state index is 13.8. The summed E-state index contributed by atoms with van der Waals surface area (Å²) >= 11 is 0. The van der Waals surface area contributed by atoms with Gasteiger partial charge < -0.3 is 42.1 Å². The van der Waals surface area contributed by atoms with Crippen LogP contribution in [0.5, 0.6) is 0 Å². The van der Waals surface area contributed by atoms with Crippen LogP contribution >= 0.6 is 0 Å². The summed E-state index contributed by atoms with van der Waals surface area (Å²) in [7, 11) is 0. The van der Waals surface area contributed by atoms with Gasteiger partial charge in [-0.2, -0.15) is 0 Å². The summed E-state index contributed by atoms with van der Waals surface area (Å²) in [5.41, 5.74) is 15.0. The van der Waals surface area contributed by atoms with E-state index in [0.717, 1.165) is 37.8 Å². The molecule has 4 unspecified atom stereocenters. The highest BCUT2D eigenvalue weighted by Gasteiger charge is 2.39. The smallest absolute Gasteiger partial charge is 0.326 e. The molecule has 0 bridgehead atoms. The molecule has 2 aromatic heterocycles. The van der Waals surface area contributed by atoms with Gasteiger partial charge in [-0.15, -0.1) is 0 Å². The van der Waals surface area contributed by atoms with Crippen LogP contribution in [0.3, 0.4) is 0 Å². The van der Waals surface area contributed by atoms with E-state index >= 15 is 0 Å². The van der Waals surface area contributed by atoms with Gasteiger partial charge >= 0.3 is 5.97 Å². The van der Waals surface area contributed by atoms with Crippen LogP contribution < -0.4 is 22.1 Å². The first kappa shape index (κ1) is 30.3. The number of rotatable bonds is 12. The number of aromatic amines is 2. The number of nitrogens with one attached hydrogen (secondary N) is 4. The molecular weight excluding hydrogens is 566 g/mol. The third-order valence-electron chi connectivity index (χ3n) is 8.02. The van der Waals surface area contributed by atoms with Crippen molar-refractivity contribution >= 4 is 51.4 Å². The number of amides is 4. The van der Waals surface area contributed by atoms with Gasteiger partial charge in [0, 0.05) is 47.2 Å². The van der Waals surface area contributed by atoms with Gasteiger partial charge in [-0.05, 0) is 42.5 Å². The van der Waals surface area contributed by atoms with Gasteiger partial charge in [-0.3, -0.25) is 19.2 Å². The molecule has 1 aliphatic rings. The van der Waals surface area contributed by atoms with Crippen LogP contribution in [0.2, 0.25) is 0 Å². The fourth-order valence-corrected chi connectivity index (χ4v) is 5.80. The second-order valence-electron chi connectivity index (χ2n) is 11.1. The largest absolute Gasteiger partial charge is 0.480 e. The lowest BCUT2D eigenvalue weighted by molar-refractivity contribution is -0.149. The minimum atomic E-state index is -1.41. The molecule has 0 aliphatic carbocycles. The minimum absolute atomic E-state index is 0.0420. The Balaban J connectivity index is 1.37. The van der Waals surface area contributed by atoms with Gasteiger partial charge in [-0.25, -0.2) is 4.79 Å². The summed E-state index contributed by atoms with van der Waals surface area (Å²) in [4.78, 5) is 71.6. The first-order valence-electron chi connectivity index (χ1n) is 14.4. The van der Waals surface area contributed by atoms with Crippen LogP contribution in [0.15, 0.2) is 60.9 Å². The van der Waals surface area contributed by atoms with Crippen LogP contribution in [0, 0.1) is 0 Å². The molecule has 9 N–H and O–H groups in total. The summed E-state index contributed by atoms with van der Waals surface area (Å²) in [6, 6.07) is 10.4. The summed E-state index contributed by atoms with van der Waals surface area (Å²) in [5, 5.41) is 16.6. The van der Waals surface area contributed by atoms with Crippen molar-refractivity contribution in [2.45, 2.75) is 56.3 Å². The number of hydrogen-bond donors (Lipinski definition) is 7. The molecule has 0 radical (unpaired) electrons. The number of benzene rings is 2. The van der Waals surface area contributed by atoms with Crippen LogP contribution in [0.25, 0.3) is 21.8 Å². The number of primary amides is 1. The Bertz CT molecular complexity index is 1710. The van der Waals surface area contributed by atoms with E-state index in [-0.39, 0.29) is 25.8 Å². The molecule has 3 heterocycles. The molecule has 44 heavy (non-hydrogen) atoms. The number of carbonyl (C=O) groups excluding carboxylic acids is 4. The van der Waals surface area contributed by atoms with E-state index in [1.54, 1.807) is 12.4 Å². The standard InChI is InChI=1S/C31H35N7O6/c32-21(12-17-15-34-22-8-3-1-6-19(17)22)28(40)36-24(13-18-16-35-23-9-4-2-7-20(18)23)29(41)37-25(14-27(33)39)30(42)38-11-5-10-26(38)31(43)44/h1-4,6-9,15-16,21,24-26,34-35H,5,10-14,32H2,(H2,33,39)(H,36,40)(H,37,41)(H,43,44). The van der Waals surface area contributed by atoms with Crippen molar-refractivity contribution in [1.82, 2.24) is 25.5 Å². The monoisotopic (exact) mass is 601 g/mol. The predicted octanol–water partition coefficient (Wildman–Crippen LogP) is 0.682. The molecule has 13 heteroatoms. The first-order chi connectivity index (χ1) is 21.1. The highest BCUT2D eigenvalue weighted by atomic mass is 16.4. The molecule has 0 saturated carbocycles. The van der Waals surface area contributed by atoms with Gasteiger partial charge in [0.1, 0.15) is 18.1 Å². The lowest BCUT2D eigenvalue weighted by Crippen LogP contribution is -2.58. The van der Waals surface area contributed by atoms with Gasteiger partial charge in [0.05, 0.1) is 12.5 Å². The molecule has 2 aromatic carbocycles. The maximum atomic E-state index is 13.8. The van der Waals surface area contributed by atoms with Crippen molar-refractivity contribution in [1.29, 1.82) is 0 Å². The zero-order valence-electron chi connectivity index (χ0n) is 23.9. The summed E-state index contributed by atoms with van der Waals surface area (Å²) < 4.78 is 0. The predicted molar refractivity (Wildman–Crippen MR) is 162 cm³/mol. The second kappa shape index (κ2) is 13.0. The minimum Gasteiger partial charge on any atom is -0.480 e. The lowest BCUT2D eigenvalue weighted by Gasteiger charge is -2.28. The van der Waals surface area contributed by atoms with Gasteiger partial charge in [-0.1, -0.05) is 36.4 Å². The number of hydrogen-bond acceptors (Lipinski definition) is 6. The first-order valence-corrected chi connectivity index (χ1v) is 14.4. The topological polar surface area (TPSA) is 216 Å². The average molecular weight is 602 g/mol. The molecule has 5 rings (SSSR count). The molecular formula is C31H35N7O6. The van der Waals surface area contributed by atoms with Crippen molar-refractivity contribution in [3.05, 3.63) is 72.1 Å². The number of likely N-dealkylation sites (tertiary alicyclic amines) is 1. The number of H-pyrrole nitrogens is 2. The van der Waals surface area contributed by atoms with Crippen molar-refractivity contribution in [3.8, 4) is 0 Å². The molecule has 230 valence electrons. The third-order valence-corrected chi connectivity index (χ3v) is 8.02. The summed E-state index contributed by atoms with van der Waals surface area (Å²) in [5.74, 6) is -4.08. The molecule has 1 saturated heterocycles. The van der Waals surface area contributed by atoms with Crippen molar-refractivity contribution in [2.75, 3.05) is 6.54 Å². The fraction of sp³-hybridized carbons (Fsp3) is 0.323. The number of para-hydroxylation sites is 2.